The molecule has 0 unspecified atom stereocenters. The third-order valence-electron chi connectivity index (χ3n) is 0.664. The average Bonchev–Trinajstić information content (AvgIpc) is 1.84. The molecule has 0 heterocycles. The zero-order valence-corrected chi connectivity index (χ0v) is 4.56. The quantitative estimate of drug-likeness (QED) is 0.499. The molecule has 0 aromatic carbocycles. The van der Waals surface area contributed by atoms with Crippen LogP contribution in [0.1, 0.15) is 0 Å². The van der Waals surface area contributed by atoms with Gasteiger partial charge in [0.05, 0.1) is 7.11 Å². The van der Waals surface area contributed by atoms with E-state index in [1.54, 1.807) is 0 Å². The van der Waals surface area contributed by atoms with Gasteiger partial charge >= 0.3 is 5.97 Å². The number of nitrogens with two attached hydrogens (primary N) is 1. The summed E-state index contributed by atoms with van der Waals surface area (Å²) in [5, 5.41) is 0. The van der Waals surface area contributed by atoms with Gasteiger partial charge < -0.3 is 10.5 Å². The Labute approximate surface area is 46.6 Å². The smallest absolute Gasteiger partial charge is 0.341 e. The Hall–Kier alpha value is -0.640. The average molecular weight is 121 g/mol. The molecule has 0 fully saturated rings. The normalized spacial score (nSPS) is 12.9. The van der Waals surface area contributed by atoms with Crippen LogP contribution in [-0.4, -0.2) is 25.8 Å². The molecule has 0 amide bonds. The maximum atomic E-state index is 11.9. The van der Waals surface area contributed by atoms with Crippen LogP contribution in [-0.2, 0) is 9.53 Å². The Balaban J connectivity index is 3.46. The van der Waals surface area contributed by atoms with Crippen molar-refractivity contribution in [1.29, 1.82) is 0 Å². The van der Waals surface area contributed by atoms with E-state index >= 15 is 0 Å². The minimum atomic E-state index is -1.67. The topological polar surface area (TPSA) is 52.3 Å². The molecule has 4 heteroatoms. The third-order valence-corrected chi connectivity index (χ3v) is 0.664. The molecular weight excluding hydrogens is 113 g/mol. The number of alkyl halides is 1. The highest BCUT2D eigenvalue weighted by Gasteiger charge is 2.13. The number of methoxy groups -OCH3 is 1. The number of hydrogen-bond acceptors (Lipinski definition) is 3. The number of rotatable bonds is 2. The van der Waals surface area contributed by atoms with Gasteiger partial charge in [-0.25, -0.2) is 9.18 Å². The zero-order valence-electron chi connectivity index (χ0n) is 4.56. The summed E-state index contributed by atoms with van der Waals surface area (Å²) >= 11 is 0. The Kier molecular flexibility index (Phi) is 3.10. The van der Waals surface area contributed by atoms with Gasteiger partial charge in [0.15, 0.2) is 0 Å². The van der Waals surface area contributed by atoms with Crippen LogP contribution in [0.2, 0.25) is 0 Å². The van der Waals surface area contributed by atoms with Crippen molar-refractivity contribution in [2.45, 2.75) is 6.17 Å². The predicted octanol–water partition coefficient (Wildman–Crippen LogP) is -0.544. The summed E-state index contributed by atoms with van der Waals surface area (Å²) in [6.07, 6.45) is -1.67. The van der Waals surface area contributed by atoms with Crippen LogP contribution in [0.15, 0.2) is 0 Å². The molecule has 0 aromatic heterocycles. The maximum absolute atomic E-state index is 11.9. The molecule has 0 bridgehead atoms. The first-order valence-electron chi connectivity index (χ1n) is 2.14. The minimum Gasteiger partial charge on any atom is -0.467 e. The molecule has 3 nitrogen and oxygen atoms in total. The number of carbonyl (C=O) groups excluding carboxylic acids is 1. The van der Waals surface area contributed by atoms with E-state index in [9.17, 15) is 9.18 Å². The summed E-state index contributed by atoms with van der Waals surface area (Å²) in [5.41, 5.74) is 4.77. The van der Waals surface area contributed by atoms with E-state index in [1.165, 1.54) is 0 Å². The first-order chi connectivity index (χ1) is 3.72. The van der Waals surface area contributed by atoms with Crippen LogP contribution in [0, 0.1) is 0 Å². The number of ether oxygens (including phenoxy) is 1. The summed E-state index contributed by atoms with van der Waals surface area (Å²) in [6.45, 7) is -0.313. The lowest BCUT2D eigenvalue weighted by Crippen LogP contribution is -2.25. The van der Waals surface area contributed by atoms with Crippen molar-refractivity contribution in [2.75, 3.05) is 13.7 Å². The number of esters is 1. The lowest BCUT2D eigenvalue weighted by molar-refractivity contribution is -0.146. The molecule has 1 atom stereocenters. The predicted molar refractivity (Wildman–Crippen MR) is 26.0 cm³/mol. The standard InChI is InChI=1S/C4H8FNO2/c1-8-4(7)3(5)2-6/h3H,2,6H2,1H3/t3-/m0/s1. The van der Waals surface area contributed by atoms with Crippen LogP contribution in [0.4, 0.5) is 4.39 Å². The Morgan fingerprint density at radius 1 is 2.00 bits per heavy atom. The first kappa shape index (κ1) is 7.36. The Morgan fingerprint density at radius 3 is 2.62 bits per heavy atom. The van der Waals surface area contributed by atoms with Gasteiger partial charge in [0.1, 0.15) is 0 Å². The molecular formula is C4H8FNO2. The second kappa shape index (κ2) is 3.37. The number of carbonyl (C=O) groups is 1. The van der Waals surface area contributed by atoms with Crippen LogP contribution < -0.4 is 5.73 Å². The lowest BCUT2D eigenvalue weighted by atomic mass is 10.4. The van der Waals surface area contributed by atoms with Crippen molar-refractivity contribution in [3.05, 3.63) is 0 Å². The molecule has 0 saturated carbocycles. The van der Waals surface area contributed by atoms with Crippen molar-refractivity contribution in [2.24, 2.45) is 5.73 Å². The SMILES string of the molecule is COC(=O)[C@@H](F)CN. The largest absolute Gasteiger partial charge is 0.467 e. The molecule has 0 spiro atoms. The molecule has 0 aliphatic carbocycles. The molecule has 0 aliphatic rings. The summed E-state index contributed by atoms with van der Waals surface area (Å²) < 4.78 is 15.9. The van der Waals surface area contributed by atoms with E-state index < -0.39 is 12.1 Å². The Morgan fingerprint density at radius 2 is 2.50 bits per heavy atom. The van der Waals surface area contributed by atoms with Crippen molar-refractivity contribution < 1.29 is 13.9 Å². The van der Waals surface area contributed by atoms with Crippen molar-refractivity contribution in [1.82, 2.24) is 0 Å². The van der Waals surface area contributed by atoms with Crippen molar-refractivity contribution >= 4 is 5.97 Å². The van der Waals surface area contributed by atoms with Crippen LogP contribution in [0.25, 0.3) is 0 Å². The van der Waals surface area contributed by atoms with E-state index in [4.69, 9.17) is 5.73 Å². The van der Waals surface area contributed by atoms with Crippen LogP contribution >= 0.6 is 0 Å². The van der Waals surface area contributed by atoms with Gasteiger partial charge in [0, 0.05) is 6.54 Å². The second-order valence-corrected chi connectivity index (χ2v) is 1.23. The van der Waals surface area contributed by atoms with Gasteiger partial charge in [-0.15, -0.1) is 0 Å². The van der Waals surface area contributed by atoms with E-state index in [2.05, 4.69) is 4.74 Å². The van der Waals surface area contributed by atoms with E-state index in [1.807, 2.05) is 0 Å². The molecule has 8 heavy (non-hydrogen) atoms. The van der Waals surface area contributed by atoms with E-state index in [0.717, 1.165) is 7.11 Å². The molecule has 2 N–H and O–H groups in total. The fourth-order valence-electron chi connectivity index (χ4n) is 0.224. The van der Waals surface area contributed by atoms with Gasteiger partial charge in [0.2, 0.25) is 6.17 Å². The summed E-state index contributed by atoms with van der Waals surface area (Å²) in [6, 6.07) is 0. The lowest BCUT2D eigenvalue weighted by Gasteiger charge is -1.99. The molecule has 48 valence electrons. The fourth-order valence-corrected chi connectivity index (χ4v) is 0.224. The highest BCUT2D eigenvalue weighted by molar-refractivity contribution is 5.74. The zero-order chi connectivity index (χ0) is 6.57. The third kappa shape index (κ3) is 1.88. The Bertz CT molecular complexity index is 86.1. The summed E-state index contributed by atoms with van der Waals surface area (Å²) in [4.78, 5) is 10.1. The van der Waals surface area contributed by atoms with E-state index in [0.29, 0.717) is 0 Å². The van der Waals surface area contributed by atoms with Crippen LogP contribution in [0.5, 0.6) is 0 Å². The van der Waals surface area contributed by atoms with E-state index in [-0.39, 0.29) is 6.54 Å². The molecule has 0 saturated heterocycles. The molecule has 0 radical (unpaired) electrons. The molecule has 0 rings (SSSR count). The van der Waals surface area contributed by atoms with Gasteiger partial charge in [-0.1, -0.05) is 0 Å². The van der Waals surface area contributed by atoms with Gasteiger partial charge in [-0.3, -0.25) is 0 Å². The first-order valence-corrected chi connectivity index (χ1v) is 2.14. The van der Waals surface area contributed by atoms with Crippen molar-refractivity contribution in [3.63, 3.8) is 0 Å². The highest BCUT2D eigenvalue weighted by atomic mass is 19.1. The monoisotopic (exact) mass is 121 g/mol. The maximum Gasteiger partial charge on any atom is 0.341 e. The fraction of sp³-hybridized carbons (Fsp3) is 0.750. The minimum absolute atomic E-state index is 0.313. The number of hydrogen-bond donors (Lipinski definition) is 1. The summed E-state index contributed by atoms with van der Waals surface area (Å²) in [5.74, 6) is -0.910. The molecule has 0 aliphatic heterocycles. The van der Waals surface area contributed by atoms with Gasteiger partial charge in [-0.05, 0) is 0 Å². The molecule has 0 aromatic rings. The second-order valence-electron chi connectivity index (χ2n) is 1.23. The van der Waals surface area contributed by atoms with Crippen molar-refractivity contribution in [3.8, 4) is 0 Å². The van der Waals surface area contributed by atoms with Crippen LogP contribution in [0.3, 0.4) is 0 Å². The highest BCUT2D eigenvalue weighted by Crippen LogP contribution is 1.88. The van der Waals surface area contributed by atoms with Gasteiger partial charge in [-0.2, -0.15) is 0 Å². The number of halogens is 1. The summed E-state index contributed by atoms with van der Waals surface area (Å²) in [7, 11) is 1.12. The van der Waals surface area contributed by atoms with Gasteiger partial charge in [0.25, 0.3) is 0 Å².